The van der Waals surface area contributed by atoms with Crippen LogP contribution < -0.4 is 4.74 Å². The normalized spacial score (nSPS) is 14.3. The number of Topliss-reactive ketones (excluding diaryl/α,β-unsaturated/α-hetero) is 1. The van der Waals surface area contributed by atoms with Crippen molar-refractivity contribution in [2.75, 3.05) is 6.61 Å². The highest BCUT2D eigenvalue weighted by Crippen LogP contribution is 2.31. The third-order valence-electron chi connectivity index (χ3n) is 2.65. The molecule has 2 nitrogen and oxygen atoms in total. The van der Waals surface area contributed by atoms with E-state index in [1.165, 1.54) is 6.07 Å². The number of halogens is 3. The minimum Gasteiger partial charge on any atom is -0.492 e. The second-order valence-electron chi connectivity index (χ2n) is 3.93. The van der Waals surface area contributed by atoms with Gasteiger partial charge in [0.05, 0.1) is 18.6 Å². The van der Waals surface area contributed by atoms with E-state index in [2.05, 4.69) is 0 Å². The van der Waals surface area contributed by atoms with Crippen molar-refractivity contribution in [3.63, 3.8) is 0 Å². The Bertz CT molecular complexity index is 438. The lowest BCUT2D eigenvalue weighted by atomic mass is 10.0. The van der Waals surface area contributed by atoms with Gasteiger partial charge in [-0.2, -0.15) is 13.2 Å². The predicted octanol–water partition coefficient (Wildman–Crippen LogP) is 3.15. The zero-order chi connectivity index (χ0) is 12.5. The van der Waals surface area contributed by atoms with E-state index in [0.717, 1.165) is 5.56 Å². The molecule has 17 heavy (non-hydrogen) atoms. The van der Waals surface area contributed by atoms with Crippen molar-refractivity contribution in [3.05, 3.63) is 29.3 Å². The molecule has 0 saturated heterocycles. The standard InChI is InChI=1S/C12H11F3O2/c13-12(14,15)6-4-10(16)9-3-1-2-8-5-7-17-11(8)9/h1-3H,4-7H2. The van der Waals surface area contributed by atoms with E-state index >= 15 is 0 Å². The number of hydrogen-bond acceptors (Lipinski definition) is 2. The van der Waals surface area contributed by atoms with E-state index in [4.69, 9.17) is 4.74 Å². The number of ketones is 1. The molecular weight excluding hydrogens is 233 g/mol. The van der Waals surface area contributed by atoms with Crippen LogP contribution in [0.25, 0.3) is 0 Å². The van der Waals surface area contributed by atoms with E-state index < -0.39 is 24.8 Å². The number of hydrogen-bond donors (Lipinski definition) is 0. The molecule has 0 aromatic heterocycles. The van der Waals surface area contributed by atoms with Crippen LogP contribution in [0.5, 0.6) is 5.75 Å². The molecule has 5 heteroatoms. The molecule has 0 amide bonds. The van der Waals surface area contributed by atoms with Crippen LogP contribution in [-0.4, -0.2) is 18.6 Å². The molecule has 0 bridgehead atoms. The molecule has 0 aliphatic carbocycles. The topological polar surface area (TPSA) is 26.3 Å². The first kappa shape index (κ1) is 12.0. The van der Waals surface area contributed by atoms with E-state index in [-0.39, 0.29) is 5.56 Å². The quantitative estimate of drug-likeness (QED) is 0.763. The summed E-state index contributed by atoms with van der Waals surface area (Å²) in [4.78, 5) is 11.7. The van der Waals surface area contributed by atoms with Crippen LogP contribution in [0.3, 0.4) is 0 Å². The molecule has 1 aromatic carbocycles. The van der Waals surface area contributed by atoms with Crippen LogP contribution >= 0.6 is 0 Å². The number of fused-ring (bicyclic) bond motifs is 1. The third-order valence-corrected chi connectivity index (χ3v) is 2.65. The van der Waals surface area contributed by atoms with Crippen LogP contribution in [0.2, 0.25) is 0 Å². The Labute approximate surface area is 96.4 Å². The Kier molecular flexibility index (Phi) is 3.09. The van der Waals surface area contributed by atoms with Crippen molar-refractivity contribution in [1.82, 2.24) is 0 Å². The van der Waals surface area contributed by atoms with Gasteiger partial charge in [-0.25, -0.2) is 0 Å². The number of alkyl halides is 3. The van der Waals surface area contributed by atoms with E-state index in [1.807, 2.05) is 6.07 Å². The van der Waals surface area contributed by atoms with Gasteiger partial charge in [-0.3, -0.25) is 4.79 Å². The highest BCUT2D eigenvalue weighted by atomic mass is 19.4. The molecule has 2 rings (SSSR count). The molecule has 1 aliphatic rings. The Morgan fingerprint density at radius 2 is 2.12 bits per heavy atom. The molecule has 1 heterocycles. The third kappa shape index (κ3) is 2.78. The van der Waals surface area contributed by atoms with Crippen LogP contribution in [-0.2, 0) is 6.42 Å². The molecule has 92 valence electrons. The van der Waals surface area contributed by atoms with Gasteiger partial charge >= 0.3 is 6.18 Å². The molecule has 1 aromatic rings. The highest BCUT2D eigenvalue weighted by molar-refractivity contribution is 5.99. The van der Waals surface area contributed by atoms with Gasteiger partial charge in [-0.1, -0.05) is 12.1 Å². The second kappa shape index (κ2) is 4.39. The van der Waals surface area contributed by atoms with Crippen LogP contribution in [0.1, 0.15) is 28.8 Å². The maximum Gasteiger partial charge on any atom is 0.389 e. The lowest BCUT2D eigenvalue weighted by Crippen LogP contribution is -2.11. The summed E-state index contributed by atoms with van der Waals surface area (Å²) in [6.45, 7) is 0.485. The van der Waals surface area contributed by atoms with E-state index in [9.17, 15) is 18.0 Å². The molecular formula is C12H11F3O2. The van der Waals surface area contributed by atoms with Gasteiger partial charge in [-0.15, -0.1) is 0 Å². The summed E-state index contributed by atoms with van der Waals surface area (Å²) in [5.41, 5.74) is 1.16. The SMILES string of the molecule is O=C(CCC(F)(F)F)c1cccc2c1OCC2. The number of ether oxygens (including phenoxy) is 1. The first-order valence-electron chi connectivity index (χ1n) is 5.32. The molecule has 0 fully saturated rings. The van der Waals surface area contributed by atoms with Crippen molar-refractivity contribution in [2.24, 2.45) is 0 Å². The van der Waals surface area contributed by atoms with Crippen molar-refractivity contribution >= 4 is 5.78 Å². The van der Waals surface area contributed by atoms with E-state index in [1.54, 1.807) is 6.07 Å². The van der Waals surface area contributed by atoms with Gasteiger partial charge < -0.3 is 4.74 Å². The lowest BCUT2D eigenvalue weighted by molar-refractivity contribution is -0.133. The average molecular weight is 244 g/mol. The van der Waals surface area contributed by atoms with Gasteiger partial charge in [0, 0.05) is 12.8 Å². The Morgan fingerprint density at radius 3 is 2.82 bits per heavy atom. The highest BCUT2D eigenvalue weighted by Gasteiger charge is 2.29. The second-order valence-corrected chi connectivity index (χ2v) is 3.93. The minimum atomic E-state index is -4.30. The summed E-state index contributed by atoms with van der Waals surface area (Å²) < 4.78 is 41.3. The first-order valence-corrected chi connectivity index (χ1v) is 5.32. The largest absolute Gasteiger partial charge is 0.492 e. The summed E-state index contributed by atoms with van der Waals surface area (Å²) in [6.07, 6.45) is -5.21. The van der Waals surface area contributed by atoms with E-state index in [0.29, 0.717) is 18.8 Å². The van der Waals surface area contributed by atoms with Crippen LogP contribution in [0.15, 0.2) is 18.2 Å². The van der Waals surface area contributed by atoms with Crippen molar-refractivity contribution < 1.29 is 22.7 Å². The minimum absolute atomic E-state index is 0.268. The number of para-hydroxylation sites is 1. The summed E-state index contributed by atoms with van der Waals surface area (Å²) >= 11 is 0. The fraction of sp³-hybridized carbons (Fsp3) is 0.417. The lowest BCUT2D eigenvalue weighted by Gasteiger charge is -2.08. The van der Waals surface area contributed by atoms with Gasteiger partial charge in [0.25, 0.3) is 0 Å². The van der Waals surface area contributed by atoms with Crippen LogP contribution in [0, 0.1) is 0 Å². The Hall–Kier alpha value is -1.52. The molecule has 1 aliphatic heterocycles. The zero-order valence-corrected chi connectivity index (χ0v) is 9.01. The summed E-state index contributed by atoms with van der Waals surface area (Å²) in [6, 6.07) is 5.01. The van der Waals surface area contributed by atoms with Gasteiger partial charge in [0.1, 0.15) is 5.75 Å². The van der Waals surface area contributed by atoms with Gasteiger partial charge in [0.2, 0.25) is 0 Å². The fourth-order valence-electron chi connectivity index (χ4n) is 1.82. The average Bonchev–Trinajstić information content (AvgIpc) is 2.72. The van der Waals surface area contributed by atoms with Crippen LogP contribution in [0.4, 0.5) is 13.2 Å². The maximum absolute atomic E-state index is 12.0. The molecule has 0 radical (unpaired) electrons. The Morgan fingerprint density at radius 1 is 1.35 bits per heavy atom. The van der Waals surface area contributed by atoms with Crippen molar-refractivity contribution in [1.29, 1.82) is 0 Å². The smallest absolute Gasteiger partial charge is 0.389 e. The molecule has 0 atom stereocenters. The van der Waals surface area contributed by atoms with Crippen molar-refractivity contribution in [2.45, 2.75) is 25.4 Å². The summed E-state index contributed by atoms with van der Waals surface area (Å²) in [5, 5.41) is 0. The Balaban J connectivity index is 2.13. The summed E-state index contributed by atoms with van der Waals surface area (Å²) in [7, 11) is 0. The first-order chi connectivity index (χ1) is 7.97. The molecule has 0 spiro atoms. The van der Waals surface area contributed by atoms with Gasteiger partial charge in [0.15, 0.2) is 5.78 Å². The number of carbonyl (C=O) groups excluding carboxylic acids is 1. The van der Waals surface area contributed by atoms with Gasteiger partial charge in [-0.05, 0) is 11.6 Å². The molecule has 0 unspecified atom stereocenters. The summed E-state index contributed by atoms with van der Waals surface area (Å²) in [5.74, 6) is -0.0549. The monoisotopic (exact) mass is 244 g/mol. The molecule has 0 saturated carbocycles. The number of benzene rings is 1. The number of rotatable bonds is 3. The molecule has 0 N–H and O–H groups in total. The maximum atomic E-state index is 12.0. The fourth-order valence-corrected chi connectivity index (χ4v) is 1.82. The van der Waals surface area contributed by atoms with Crippen molar-refractivity contribution in [3.8, 4) is 5.75 Å². The number of carbonyl (C=O) groups is 1. The zero-order valence-electron chi connectivity index (χ0n) is 9.01. The predicted molar refractivity (Wildman–Crippen MR) is 55.3 cm³/mol.